The van der Waals surface area contributed by atoms with E-state index in [2.05, 4.69) is 45.0 Å². The lowest BCUT2D eigenvalue weighted by atomic mass is 10.1. The first kappa shape index (κ1) is 22.4. The highest BCUT2D eigenvalue weighted by atomic mass is 127. The van der Waals surface area contributed by atoms with E-state index in [9.17, 15) is 4.39 Å². The third-order valence-electron chi connectivity index (χ3n) is 4.23. The molecule has 0 amide bonds. The molecule has 3 rings (SSSR count). The van der Waals surface area contributed by atoms with E-state index in [0.29, 0.717) is 24.1 Å². The lowest BCUT2D eigenvalue weighted by Crippen LogP contribution is -2.39. The van der Waals surface area contributed by atoms with Crippen molar-refractivity contribution in [1.29, 1.82) is 0 Å². The van der Waals surface area contributed by atoms with Crippen molar-refractivity contribution in [3.63, 3.8) is 0 Å². The van der Waals surface area contributed by atoms with Gasteiger partial charge >= 0.3 is 0 Å². The molecule has 0 bridgehead atoms. The van der Waals surface area contributed by atoms with Gasteiger partial charge < -0.3 is 15.2 Å². The summed E-state index contributed by atoms with van der Waals surface area (Å²) in [6.45, 7) is 3.54. The van der Waals surface area contributed by atoms with Crippen LogP contribution in [-0.4, -0.2) is 29.1 Å². The predicted molar refractivity (Wildman–Crippen MR) is 124 cm³/mol. The summed E-state index contributed by atoms with van der Waals surface area (Å²) >= 11 is 1.79. The van der Waals surface area contributed by atoms with Crippen molar-refractivity contribution < 1.29 is 4.39 Å². The normalized spacial score (nSPS) is 12.3. The van der Waals surface area contributed by atoms with Crippen molar-refractivity contribution in [3.8, 4) is 5.69 Å². The van der Waals surface area contributed by atoms with Crippen molar-refractivity contribution in [2.24, 2.45) is 10.9 Å². The van der Waals surface area contributed by atoms with Gasteiger partial charge in [-0.25, -0.2) is 9.37 Å². The highest BCUT2D eigenvalue weighted by Gasteiger charge is 2.08. The van der Waals surface area contributed by atoms with Crippen molar-refractivity contribution in [1.82, 2.24) is 20.2 Å². The van der Waals surface area contributed by atoms with Gasteiger partial charge in [0.25, 0.3) is 0 Å². The average molecular weight is 513 g/mol. The van der Waals surface area contributed by atoms with Gasteiger partial charge in [0.05, 0.1) is 12.0 Å². The lowest BCUT2D eigenvalue weighted by Gasteiger charge is -2.16. The minimum atomic E-state index is -0.278. The molecule has 0 aliphatic carbocycles. The van der Waals surface area contributed by atoms with E-state index >= 15 is 0 Å². The molecular formula is C20H25FIN5S. The maximum atomic E-state index is 14.3. The number of rotatable bonds is 7. The third-order valence-corrected chi connectivity index (χ3v) is 5.12. The molecule has 2 aromatic heterocycles. The molecule has 8 heteroatoms. The van der Waals surface area contributed by atoms with Gasteiger partial charge in [-0.15, -0.1) is 35.3 Å². The van der Waals surface area contributed by atoms with Gasteiger partial charge in [-0.3, -0.25) is 4.99 Å². The first-order valence-corrected chi connectivity index (χ1v) is 9.77. The number of halogens is 2. The van der Waals surface area contributed by atoms with Crippen molar-refractivity contribution in [2.75, 3.05) is 13.6 Å². The van der Waals surface area contributed by atoms with E-state index < -0.39 is 0 Å². The standard InChI is InChI=1S/C20H24FN5S.HI/c1-15(10-17-4-3-9-27-17)12-24-20(22-2)25-13-16-5-6-19(18(21)11-16)26-8-7-23-14-26;/h3-9,11,14-15H,10,12-13H2,1-2H3,(H2,22,24,25);1H. The molecule has 150 valence electrons. The summed E-state index contributed by atoms with van der Waals surface area (Å²) in [7, 11) is 1.74. The van der Waals surface area contributed by atoms with Crippen LogP contribution < -0.4 is 10.6 Å². The number of nitrogens with zero attached hydrogens (tertiary/aromatic N) is 3. The highest BCUT2D eigenvalue weighted by molar-refractivity contribution is 14.0. The second-order valence-electron chi connectivity index (χ2n) is 6.45. The van der Waals surface area contributed by atoms with Gasteiger partial charge in [-0.05, 0) is 41.5 Å². The van der Waals surface area contributed by atoms with Crippen LogP contribution in [0.25, 0.3) is 5.69 Å². The van der Waals surface area contributed by atoms with E-state index in [-0.39, 0.29) is 29.8 Å². The Morgan fingerprint density at radius 1 is 1.32 bits per heavy atom. The second-order valence-corrected chi connectivity index (χ2v) is 7.48. The Labute approximate surface area is 186 Å². The summed E-state index contributed by atoms with van der Waals surface area (Å²) < 4.78 is 16.0. The molecule has 0 aliphatic heterocycles. The molecule has 0 aliphatic rings. The number of benzene rings is 1. The van der Waals surface area contributed by atoms with Crippen LogP contribution in [-0.2, 0) is 13.0 Å². The molecule has 0 saturated heterocycles. The first-order valence-electron chi connectivity index (χ1n) is 8.89. The zero-order valence-corrected chi connectivity index (χ0v) is 19.1. The topological polar surface area (TPSA) is 54.2 Å². The number of aliphatic imine (C=N–C) groups is 1. The molecule has 28 heavy (non-hydrogen) atoms. The Kier molecular flexibility index (Phi) is 8.91. The summed E-state index contributed by atoms with van der Waals surface area (Å²) in [4.78, 5) is 9.58. The monoisotopic (exact) mass is 513 g/mol. The first-order chi connectivity index (χ1) is 13.2. The SMILES string of the molecule is CN=C(NCc1ccc(-n2ccnc2)c(F)c1)NCC(C)Cc1cccs1.I. The van der Waals surface area contributed by atoms with Gasteiger partial charge in [0.15, 0.2) is 5.96 Å². The molecule has 2 N–H and O–H groups in total. The van der Waals surface area contributed by atoms with Crippen molar-refractivity contribution >= 4 is 41.3 Å². The average Bonchev–Trinajstić information content (AvgIpc) is 3.36. The summed E-state index contributed by atoms with van der Waals surface area (Å²) in [6, 6.07) is 9.44. The number of aromatic nitrogens is 2. The molecule has 1 aromatic carbocycles. The fourth-order valence-corrected chi connectivity index (χ4v) is 3.66. The quantitative estimate of drug-likeness (QED) is 0.283. The maximum absolute atomic E-state index is 14.3. The predicted octanol–water partition coefficient (Wildman–Crippen LogP) is 4.23. The van der Waals surface area contributed by atoms with Crippen LogP contribution in [0.2, 0.25) is 0 Å². The van der Waals surface area contributed by atoms with E-state index in [0.717, 1.165) is 18.5 Å². The van der Waals surface area contributed by atoms with Gasteiger partial charge in [0.2, 0.25) is 0 Å². The Balaban J connectivity index is 0.00000280. The van der Waals surface area contributed by atoms with E-state index in [1.54, 1.807) is 47.7 Å². The van der Waals surface area contributed by atoms with Crippen LogP contribution in [0, 0.1) is 11.7 Å². The number of guanidine groups is 1. The van der Waals surface area contributed by atoms with Gasteiger partial charge in [-0.2, -0.15) is 0 Å². The van der Waals surface area contributed by atoms with Crippen LogP contribution in [0.4, 0.5) is 4.39 Å². The molecule has 0 fully saturated rings. The Morgan fingerprint density at radius 2 is 2.18 bits per heavy atom. The Morgan fingerprint density at radius 3 is 2.82 bits per heavy atom. The smallest absolute Gasteiger partial charge is 0.191 e. The molecule has 0 radical (unpaired) electrons. The third kappa shape index (κ3) is 6.30. The summed E-state index contributed by atoms with van der Waals surface area (Å²) in [6.07, 6.45) is 5.98. The number of thiophene rings is 1. The largest absolute Gasteiger partial charge is 0.356 e. The van der Waals surface area contributed by atoms with Gasteiger partial charge in [0, 0.05) is 37.4 Å². The van der Waals surface area contributed by atoms with Crippen LogP contribution in [0.5, 0.6) is 0 Å². The zero-order chi connectivity index (χ0) is 19.1. The van der Waals surface area contributed by atoms with E-state index in [4.69, 9.17) is 0 Å². The number of imidazole rings is 1. The van der Waals surface area contributed by atoms with Crippen LogP contribution in [0.15, 0.2) is 59.4 Å². The van der Waals surface area contributed by atoms with Gasteiger partial charge in [-0.1, -0.05) is 19.1 Å². The highest BCUT2D eigenvalue weighted by Crippen LogP contribution is 2.15. The van der Waals surface area contributed by atoms with Crippen LogP contribution in [0.1, 0.15) is 17.4 Å². The fourth-order valence-electron chi connectivity index (χ4n) is 2.79. The molecular weight excluding hydrogens is 488 g/mol. The Bertz CT molecular complexity index is 865. The number of nitrogens with one attached hydrogen (secondary N) is 2. The molecule has 1 unspecified atom stereocenters. The summed E-state index contributed by atoms with van der Waals surface area (Å²) in [5.74, 6) is 0.932. The van der Waals surface area contributed by atoms with Gasteiger partial charge in [0.1, 0.15) is 5.82 Å². The fraction of sp³-hybridized carbons (Fsp3) is 0.300. The molecule has 0 spiro atoms. The van der Waals surface area contributed by atoms with Crippen molar-refractivity contribution in [2.45, 2.75) is 19.9 Å². The Hall–Kier alpha value is -1.94. The van der Waals surface area contributed by atoms with Crippen LogP contribution >= 0.6 is 35.3 Å². The molecule has 5 nitrogen and oxygen atoms in total. The molecule has 3 aromatic rings. The minimum Gasteiger partial charge on any atom is -0.356 e. The van der Waals surface area contributed by atoms with E-state index in [1.807, 2.05) is 6.07 Å². The number of hydrogen-bond donors (Lipinski definition) is 2. The lowest BCUT2D eigenvalue weighted by molar-refractivity contribution is 0.562. The summed E-state index contributed by atoms with van der Waals surface area (Å²) in [5, 5.41) is 8.68. The second kappa shape index (κ2) is 11.2. The van der Waals surface area contributed by atoms with Crippen molar-refractivity contribution in [3.05, 3.63) is 70.7 Å². The summed E-state index contributed by atoms with van der Waals surface area (Å²) in [5.41, 5.74) is 1.34. The molecule has 0 saturated carbocycles. The zero-order valence-electron chi connectivity index (χ0n) is 15.9. The minimum absolute atomic E-state index is 0. The number of hydrogen-bond acceptors (Lipinski definition) is 3. The maximum Gasteiger partial charge on any atom is 0.191 e. The molecule has 2 heterocycles. The van der Waals surface area contributed by atoms with Crippen LogP contribution in [0.3, 0.4) is 0 Å². The van der Waals surface area contributed by atoms with E-state index in [1.165, 1.54) is 10.9 Å². The molecule has 1 atom stereocenters.